The third-order valence-corrected chi connectivity index (χ3v) is 2.57. The highest BCUT2D eigenvalue weighted by Crippen LogP contribution is 2.25. The van der Waals surface area contributed by atoms with E-state index in [-0.39, 0.29) is 18.5 Å². The number of hydrogen-bond donors (Lipinski definition) is 2. The van der Waals surface area contributed by atoms with E-state index in [1.54, 1.807) is 6.92 Å². The first-order chi connectivity index (χ1) is 6.56. The summed E-state index contributed by atoms with van der Waals surface area (Å²) in [5.41, 5.74) is 0. The Morgan fingerprint density at radius 2 is 2.29 bits per heavy atom. The molecule has 5 heteroatoms. The van der Waals surface area contributed by atoms with Crippen LogP contribution in [0.25, 0.3) is 0 Å². The number of carboxylic acid groups (broad SMARTS) is 1. The molecule has 1 amide bonds. The number of amides is 1. The standard InChI is InChI=1S/C9H14N2O3/c1-6-4-8(12)5-7(2-3-10)11(6)9(13)14/h6-8,12H,2,4-5H2,1H3,(H,13,14)/t6-,7-,8+/m1/s1. The molecule has 2 N–H and O–H groups in total. The highest BCUT2D eigenvalue weighted by Gasteiger charge is 2.35. The highest BCUT2D eigenvalue weighted by molar-refractivity contribution is 5.66. The third-order valence-electron chi connectivity index (χ3n) is 2.57. The molecule has 1 saturated heterocycles. The van der Waals surface area contributed by atoms with Crippen molar-refractivity contribution in [3.8, 4) is 6.07 Å². The number of nitrogens with zero attached hydrogens (tertiary/aromatic N) is 2. The topological polar surface area (TPSA) is 84.6 Å². The van der Waals surface area contributed by atoms with E-state index >= 15 is 0 Å². The Hall–Kier alpha value is -1.28. The van der Waals surface area contributed by atoms with Crippen LogP contribution in [0.2, 0.25) is 0 Å². The number of aliphatic hydroxyl groups is 1. The molecule has 0 aromatic rings. The van der Waals surface area contributed by atoms with Crippen molar-refractivity contribution < 1.29 is 15.0 Å². The van der Waals surface area contributed by atoms with Crippen molar-refractivity contribution in [2.24, 2.45) is 0 Å². The predicted molar refractivity (Wildman–Crippen MR) is 48.6 cm³/mol. The maximum atomic E-state index is 10.9. The summed E-state index contributed by atoms with van der Waals surface area (Å²) in [4.78, 5) is 12.2. The van der Waals surface area contributed by atoms with E-state index in [0.29, 0.717) is 12.8 Å². The van der Waals surface area contributed by atoms with E-state index in [1.165, 1.54) is 4.90 Å². The normalized spacial score (nSPS) is 32.4. The lowest BCUT2D eigenvalue weighted by Gasteiger charge is -2.39. The smallest absolute Gasteiger partial charge is 0.407 e. The Balaban J connectivity index is 2.76. The molecule has 14 heavy (non-hydrogen) atoms. The summed E-state index contributed by atoms with van der Waals surface area (Å²) in [6, 6.07) is 1.37. The molecular formula is C9H14N2O3. The summed E-state index contributed by atoms with van der Waals surface area (Å²) in [5.74, 6) is 0. The molecule has 0 radical (unpaired) electrons. The first kappa shape index (κ1) is 10.8. The number of hydrogen-bond acceptors (Lipinski definition) is 3. The summed E-state index contributed by atoms with van der Waals surface area (Å²) >= 11 is 0. The zero-order valence-electron chi connectivity index (χ0n) is 8.05. The van der Waals surface area contributed by atoms with Gasteiger partial charge in [0.1, 0.15) is 0 Å². The van der Waals surface area contributed by atoms with Gasteiger partial charge in [-0.1, -0.05) is 0 Å². The van der Waals surface area contributed by atoms with Crippen LogP contribution < -0.4 is 0 Å². The van der Waals surface area contributed by atoms with Gasteiger partial charge in [-0.15, -0.1) is 0 Å². The SMILES string of the molecule is C[C@@H]1C[C@H](O)C[C@@H](CC#N)N1C(=O)O. The number of aliphatic hydroxyl groups excluding tert-OH is 1. The lowest BCUT2D eigenvalue weighted by molar-refractivity contribution is 0.0154. The zero-order valence-corrected chi connectivity index (χ0v) is 8.05. The van der Waals surface area contributed by atoms with E-state index in [2.05, 4.69) is 0 Å². The summed E-state index contributed by atoms with van der Waals surface area (Å²) in [5, 5.41) is 26.9. The van der Waals surface area contributed by atoms with Crippen molar-refractivity contribution >= 4 is 6.09 Å². The molecule has 0 saturated carbocycles. The van der Waals surface area contributed by atoms with E-state index in [1.807, 2.05) is 6.07 Å². The minimum Gasteiger partial charge on any atom is -0.465 e. The Morgan fingerprint density at radius 1 is 1.64 bits per heavy atom. The van der Waals surface area contributed by atoms with E-state index < -0.39 is 12.2 Å². The van der Waals surface area contributed by atoms with Gasteiger partial charge in [-0.05, 0) is 19.8 Å². The summed E-state index contributed by atoms with van der Waals surface area (Å²) in [6.07, 6.45) is -0.532. The van der Waals surface area contributed by atoms with Gasteiger partial charge in [-0.3, -0.25) is 0 Å². The fourth-order valence-corrected chi connectivity index (χ4v) is 2.02. The van der Waals surface area contributed by atoms with Crippen molar-refractivity contribution in [2.45, 2.75) is 44.4 Å². The molecule has 1 rings (SSSR count). The van der Waals surface area contributed by atoms with Gasteiger partial charge in [-0.2, -0.15) is 5.26 Å². The molecule has 1 aliphatic heterocycles. The number of carbonyl (C=O) groups is 1. The number of nitriles is 1. The zero-order chi connectivity index (χ0) is 10.7. The van der Waals surface area contributed by atoms with Crippen molar-refractivity contribution in [1.29, 1.82) is 5.26 Å². The van der Waals surface area contributed by atoms with Crippen LogP contribution >= 0.6 is 0 Å². The van der Waals surface area contributed by atoms with Crippen molar-refractivity contribution in [1.82, 2.24) is 4.90 Å². The summed E-state index contributed by atoms with van der Waals surface area (Å²) in [6.45, 7) is 1.75. The molecule has 1 fully saturated rings. The number of likely N-dealkylation sites (tertiary alicyclic amines) is 1. The lowest BCUT2D eigenvalue weighted by atomic mass is 9.93. The second kappa shape index (κ2) is 4.29. The van der Waals surface area contributed by atoms with Crippen LogP contribution in [0.3, 0.4) is 0 Å². The van der Waals surface area contributed by atoms with Gasteiger partial charge in [-0.25, -0.2) is 4.79 Å². The van der Waals surface area contributed by atoms with Crippen LogP contribution in [-0.2, 0) is 0 Å². The minimum atomic E-state index is -1.01. The molecule has 0 aromatic carbocycles. The van der Waals surface area contributed by atoms with Crippen LogP contribution in [-0.4, -0.2) is 39.4 Å². The summed E-state index contributed by atoms with van der Waals surface area (Å²) in [7, 11) is 0. The molecule has 0 unspecified atom stereocenters. The maximum Gasteiger partial charge on any atom is 0.407 e. The van der Waals surface area contributed by atoms with Crippen molar-refractivity contribution in [3.63, 3.8) is 0 Å². The lowest BCUT2D eigenvalue weighted by Crippen LogP contribution is -2.51. The second-order valence-electron chi connectivity index (χ2n) is 3.68. The Kier molecular flexibility index (Phi) is 3.31. The van der Waals surface area contributed by atoms with E-state index in [0.717, 1.165) is 0 Å². The Labute approximate surface area is 82.6 Å². The van der Waals surface area contributed by atoms with Crippen LogP contribution in [0.15, 0.2) is 0 Å². The monoisotopic (exact) mass is 198 g/mol. The van der Waals surface area contributed by atoms with Crippen LogP contribution in [0.5, 0.6) is 0 Å². The largest absolute Gasteiger partial charge is 0.465 e. The predicted octanol–water partition coefficient (Wildman–Crippen LogP) is 0.792. The Morgan fingerprint density at radius 3 is 2.79 bits per heavy atom. The molecular weight excluding hydrogens is 184 g/mol. The van der Waals surface area contributed by atoms with E-state index in [9.17, 15) is 9.90 Å². The number of rotatable bonds is 1. The summed E-state index contributed by atoms with van der Waals surface area (Å²) < 4.78 is 0. The minimum absolute atomic E-state index is 0.147. The van der Waals surface area contributed by atoms with Gasteiger partial charge in [0.15, 0.2) is 0 Å². The molecule has 0 aromatic heterocycles. The molecule has 5 nitrogen and oxygen atoms in total. The highest BCUT2D eigenvalue weighted by atomic mass is 16.4. The van der Waals surface area contributed by atoms with Crippen LogP contribution in [0.4, 0.5) is 4.79 Å². The molecule has 1 aliphatic rings. The fourth-order valence-electron chi connectivity index (χ4n) is 2.02. The molecule has 3 atom stereocenters. The fraction of sp³-hybridized carbons (Fsp3) is 0.778. The third kappa shape index (κ3) is 2.15. The average Bonchev–Trinajstić information content (AvgIpc) is 2.01. The van der Waals surface area contributed by atoms with Gasteiger partial charge < -0.3 is 15.1 Å². The Bertz CT molecular complexity index is 261. The molecule has 1 heterocycles. The van der Waals surface area contributed by atoms with Gasteiger partial charge in [0.25, 0.3) is 0 Å². The first-order valence-corrected chi connectivity index (χ1v) is 4.62. The van der Waals surface area contributed by atoms with Gasteiger partial charge in [0.05, 0.1) is 24.6 Å². The van der Waals surface area contributed by atoms with Gasteiger partial charge in [0.2, 0.25) is 0 Å². The molecule has 0 spiro atoms. The van der Waals surface area contributed by atoms with Crippen LogP contribution in [0.1, 0.15) is 26.2 Å². The first-order valence-electron chi connectivity index (χ1n) is 4.62. The second-order valence-corrected chi connectivity index (χ2v) is 3.68. The van der Waals surface area contributed by atoms with E-state index in [4.69, 9.17) is 10.4 Å². The maximum absolute atomic E-state index is 10.9. The quantitative estimate of drug-likeness (QED) is 0.652. The van der Waals surface area contributed by atoms with Crippen molar-refractivity contribution in [3.05, 3.63) is 0 Å². The molecule has 78 valence electrons. The van der Waals surface area contributed by atoms with Gasteiger partial charge in [0, 0.05) is 6.04 Å². The number of piperidine rings is 1. The molecule has 0 bridgehead atoms. The van der Waals surface area contributed by atoms with Crippen LogP contribution in [0, 0.1) is 11.3 Å². The van der Waals surface area contributed by atoms with Gasteiger partial charge >= 0.3 is 6.09 Å². The average molecular weight is 198 g/mol. The molecule has 0 aliphatic carbocycles. The van der Waals surface area contributed by atoms with Crippen molar-refractivity contribution in [2.75, 3.05) is 0 Å².